The summed E-state index contributed by atoms with van der Waals surface area (Å²) in [6, 6.07) is 0. The molecule has 0 aromatic heterocycles. The van der Waals surface area contributed by atoms with Gasteiger partial charge in [-0.05, 0) is 6.92 Å². The average Bonchev–Trinajstić information content (AvgIpc) is 1.82. The van der Waals surface area contributed by atoms with Crippen molar-refractivity contribution in [2.75, 3.05) is 0 Å². The Hall–Kier alpha value is -0.830. The lowest BCUT2D eigenvalue weighted by molar-refractivity contribution is -0.131. The van der Waals surface area contributed by atoms with Gasteiger partial charge in [-0.15, -0.1) is 0 Å². The summed E-state index contributed by atoms with van der Waals surface area (Å²) >= 11 is 0. The molecule has 10 heavy (non-hydrogen) atoms. The Labute approximate surface area is 60.0 Å². The van der Waals surface area contributed by atoms with Gasteiger partial charge in [-0.2, -0.15) is 0 Å². The van der Waals surface area contributed by atoms with Crippen molar-refractivity contribution in [3.05, 3.63) is 12.2 Å². The van der Waals surface area contributed by atoms with E-state index in [1.165, 1.54) is 6.08 Å². The molecule has 0 aromatic rings. The molecule has 0 rings (SSSR count). The van der Waals surface area contributed by atoms with Crippen LogP contribution in [0.2, 0.25) is 0 Å². The summed E-state index contributed by atoms with van der Waals surface area (Å²) in [7, 11) is 0. The van der Waals surface area contributed by atoms with Gasteiger partial charge in [0.05, 0.1) is 6.10 Å². The summed E-state index contributed by atoms with van der Waals surface area (Å²) in [5.74, 6) is -1.08. The van der Waals surface area contributed by atoms with E-state index in [9.17, 15) is 4.79 Å². The molecule has 0 spiro atoms. The highest BCUT2D eigenvalue weighted by molar-refractivity contribution is 5.79. The zero-order valence-electron chi connectivity index (χ0n) is 6.11. The van der Waals surface area contributed by atoms with Crippen molar-refractivity contribution in [1.29, 1.82) is 0 Å². The quantitative estimate of drug-likeness (QED) is 0.571. The average molecular weight is 144 g/mol. The molecule has 0 radical (unpaired) electrons. The number of rotatable bonds is 3. The molecule has 0 heterocycles. The van der Waals surface area contributed by atoms with Crippen molar-refractivity contribution < 1.29 is 15.0 Å². The van der Waals surface area contributed by atoms with Gasteiger partial charge in [-0.3, -0.25) is 0 Å². The number of hydrogen-bond acceptors (Lipinski definition) is 2. The zero-order valence-corrected chi connectivity index (χ0v) is 6.11. The van der Waals surface area contributed by atoms with Gasteiger partial charge in [-0.25, -0.2) is 4.79 Å². The van der Waals surface area contributed by atoms with Gasteiger partial charge in [0.25, 0.3) is 0 Å². The summed E-state index contributed by atoms with van der Waals surface area (Å²) in [5, 5.41) is 17.1. The second-order valence-corrected chi connectivity index (χ2v) is 2.30. The molecular weight excluding hydrogens is 132 g/mol. The fourth-order valence-corrected chi connectivity index (χ4v) is 0.395. The first-order valence-corrected chi connectivity index (χ1v) is 3.13. The number of carbonyl (C=O) groups is 1. The number of carboxylic acid groups (broad SMARTS) is 1. The number of aliphatic hydroxyl groups excluding tert-OH is 1. The van der Waals surface area contributed by atoms with E-state index >= 15 is 0 Å². The Morgan fingerprint density at radius 1 is 1.50 bits per heavy atom. The lowest BCUT2D eigenvalue weighted by Gasteiger charge is -2.07. The molecule has 0 aromatic carbocycles. The standard InChI is InChI=1S/C7H12O3/c1-5(6(2)8)3-4-7(9)10/h3-6,8H,1-2H3,(H,9,10). The fourth-order valence-electron chi connectivity index (χ4n) is 0.395. The molecule has 0 aliphatic carbocycles. The lowest BCUT2D eigenvalue weighted by atomic mass is 10.1. The van der Waals surface area contributed by atoms with Crippen LogP contribution in [0.15, 0.2) is 12.2 Å². The summed E-state index contributed by atoms with van der Waals surface area (Å²) in [4.78, 5) is 9.96. The van der Waals surface area contributed by atoms with Crippen LogP contribution in [-0.4, -0.2) is 22.3 Å². The van der Waals surface area contributed by atoms with Gasteiger partial charge in [0.1, 0.15) is 0 Å². The van der Waals surface area contributed by atoms with Crippen LogP contribution in [0, 0.1) is 5.92 Å². The first kappa shape index (κ1) is 9.17. The Bertz CT molecular complexity index is 138. The van der Waals surface area contributed by atoms with Gasteiger partial charge in [-0.1, -0.05) is 13.0 Å². The van der Waals surface area contributed by atoms with E-state index in [4.69, 9.17) is 10.2 Å². The summed E-state index contributed by atoms with van der Waals surface area (Å²) in [5.41, 5.74) is 0. The van der Waals surface area contributed by atoms with E-state index in [2.05, 4.69) is 0 Å². The maximum atomic E-state index is 9.96. The van der Waals surface area contributed by atoms with Crippen LogP contribution in [0.25, 0.3) is 0 Å². The van der Waals surface area contributed by atoms with Gasteiger partial charge >= 0.3 is 5.97 Å². The van der Waals surface area contributed by atoms with E-state index in [0.717, 1.165) is 6.08 Å². The van der Waals surface area contributed by atoms with Crippen LogP contribution in [0.1, 0.15) is 13.8 Å². The Morgan fingerprint density at radius 2 is 2.00 bits per heavy atom. The van der Waals surface area contributed by atoms with Crippen LogP contribution in [0.4, 0.5) is 0 Å². The predicted molar refractivity (Wildman–Crippen MR) is 37.6 cm³/mol. The number of aliphatic hydroxyl groups is 1. The van der Waals surface area contributed by atoms with Crippen molar-refractivity contribution in [3.63, 3.8) is 0 Å². The van der Waals surface area contributed by atoms with Gasteiger partial charge in [0.15, 0.2) is 0 Å². The van der Waals surface area contributed by atoms with Crippen molar-refractivity contribution in [1.82, 2.24) is 0 Å². The molecule has 0 saturated heterocycles. The number of aliphatic carboxylic acids is 1. The second-order valence-electron chi connectivity index (χ2n) is 2.30. The van der Waals surface area contributed by atoms with Crippen molar-refractivity contribution in [3.8, 4) is 0 Å². The zero-order chi connectivity index (χ0) is 8.15. The van der Waals surface area contributed by atoms with Crippen molar-refractivity contribution in [2.45, 2.75) is 20.0 Å². The number of carboxylic acids is 1. The topological polar surface area (TPSA) is 57.5 Å². The maximum Gasteiger partial charge on any atom is 0.327 e. The first-order chi connectivity index (χ1) is 4.54. The third-order valence-corrected chi connectivity index (χ3v) is 1.30. The molecule has 0 fully saturated rings. The van der Waals surface area contributed by atoms with Crippen LogP contribution >= 0.6 is 0 Å². The van der Waals surface area contributed by atoms with Crippen LogP contribution in [0.3, 0.4) is 0 Å². The monoisotopic (exact) mass is 144 g/mol. The highest BCUT2D eigenvalue weighted by Crippen LogP contribution is 2.02. The molecule has 2 N–H and O–H groups in total. The van der Waals surface area contributed by atoms with Gasteiger partial charge in [0, 0.05) is 12.0 Å². The minimum Gasteiger partial charge on any atom is -0.478 e. The largest absolute Gasteiger partial charge is 0.478 e. The molecule has 2 unspecified atom stereocenters. The normalized spacial score (nSPS) is 17.1. The van der Waals surface area contributed by atoms with Gasteiger partial charge < -0.3 is 10.2 Å². The predicted octanol–water partition coefficient (Wildman–Crippen LogP) is 0.644. The maximum absolute atomic E-state index is 9.96. The molecule has 3 heteroatoms. The summed E-state index contributed by atoms with van der Waals surface area (Å²) < 4.78 is 0. The van der Waals surface area contributed by atoms with E-state index in [0.29, 0.717) is 0 Å². The third-order valence-electron chi connectivity index (χ3n) is 1.30. The minimum absolute atomic E-state index is 0.101. The third kappa shape index (κ3) is 4.09. The Morgan fingerprint density at radius 3 is 2.30 bits per heavy atom. The molecule has 0 aliphatic rings. The van der Waals surface area contributed by atoms with Crippen LogP contribution in [-0.2, 0) is 4.79 Å². The lowest BCUT2D eigenvalue weighted by Crippen LogP contribution is -2.10. The van der Waals surface area contributed by atoms with Gasteiger partial charge in [0.2, 0.25) is 0 Å². The van der Waals surface area contributed by atoms with Crippen LogP contribution in [0.5, 0.6) is 0 Å². The molecule has 0 saturated carbocycles. The molecule has 58 valence electrons. The molecule has 0 bridgehead atoms. The number of hydrogen-bond donors (Lipinski definition) is 2. The molecule has 0 amide bonds. The molecule has 0 aliphatic heterocycles. The second kappa shape index (κ2) is 4.06. The van der Waals surface area contributed by atoms with E-state index < -0.39 is 12.1 Å². The molecule has 3 nitrogen and oxygen atoms in total. The molecule has 2 atom stereocenters. The highest BCUT2D eigenvalue weighted by atomic mass is 16.4. The Kier molecular flexibility index (Phi) is 3.72. The summed E-state index contributed by atoms with van der Waals surface area (Å²) in [6.45, 7) is 3.38. The van der Waals surface area contributed by atoms with E-state index in [-0.39, 0.29) is 5.92 Å². The smallest absolute Gasteiger partial charge is 0.327 e. The van der Waals surface area contributed by atoms with Crippen molar-refractivity contribution in [2.24, 2.45) is 5.92 Å². The highest BCUT2D eigenvalue weighted by Gasteiger charge is 2.03. The van der Waals surface area contributed by atoms with E-state index in [1.807, 2.05) is 0 Å². The molecular formula is C7H12O3. The summed E-state index contributed by atoms with van der Waals surface area (Å²) in [6.07, 6.45) is 2.01. The van der Waals surface area contributed by atoms with E-state index in [1.54, 1.807) is 13.8 Å². The fraction of sp³-hybridized carbons (Fsp3) is 0.571. The van der Waals surface area contributed by atoms with Crippen LogP contribution < -0.4 is 0 Å². The SMILES string of the molecule is CC(O)C(C)C=CC(=O)O. The first-order valence-electron chi connectivity index (χ1n) is 3.13. The minimum atomic E-state index is -0.979. The van der Waals surface area contributed by atoms with Crippen molar-refractivity contribution >= 4 is 5.97 Å². The Balaban J connectivity index is 3.77.